The molecule has 0 spiro atoms. The number of ketones is 1. The number of amides is 1. The van der Waals surface area contributed by atoms with Gasteiger partial charge in [-0.15, -0.1) is 0 Å². The molecule has 0 radical (unpaired) electrons. The monoisotopic (exact) mass is 297 g/mol. The van der Waals surface area contributed by atoms with Gasteiger partial charge in [-0.05, 0) is 12.8 Å². The molecule has 0 N–H and O–H groups in total. The molecule has 0 aromatic carbocycles. The summed E-state index contributed by atoms with van der Waals surface area (Å²) in [5, 5.41) is 0. The standard InChI is InChI=1S/C17H31NO3/c1-3-5-7-8-9-10-11-16(19)13-15-14-21-17(20)18(15)12-6-4-2/h15H,3-14H2,1-2H3. The first-order valence-electron chi connectivity index (χ1n) is 8.64. The average Bonchev–Trinajstić information content (AvgIpc) is 2.81. The predicted molar refractivity (Wildman–Crippen MR) is 84.4 cm³/mol. The molecule has 1 saturated heterocycles. The summed E-state index contributed by atoms with van der Waals surface area (Å²) in [6.07, 6.45) is 10.1. The number of Topliss-reactive ketones (excluding diaryl/α,β-unsaturated/α-hetero) is 1. The van der Waals surface area contributed by atoms with Crippen molar-refractivity contribution >= 4 is 11.9 Å². The molecule has 1 aliphatic rings. The van der Waals surface area contributed by atoms with E-state index in [1.54, 1.807) is 4.90 Å². The lowest BCUT2D eigenvalue weighted by atomic mass is 10.0. The van der Waals surface area contributed by atoms with Crippen molar-refractivity contribution in [3.8, 4) is 0 Å². The molecule has 0 bridgehead atoms. The molecule has 1 rings (SSSR count). The number of carbonyl (C=O) groups is 2. The number of hydrogen-bond acceptors (Lipinski definition) is 3. The van der Waals surface area contributed by atoms with Crippen molar-refractivity contribution in [1.82, 2.24) is 4.90 Å². The number of unbranched alkanes of at least 4 members (excludes halogenated alkanes) is 6. The maximum absolute atomic E-state index is 12.0. The van der Waals surface area contributed by atoms with E-state index in [0.717, 1.165) is 25.7 Å². The first-order valence-corrected chi connectivity index (χ1v) is 8.64. The van der Waals surface area contributed by atoms with Crippen LogP contribution in [0.4, 0.5) is 4.79 Å². The number of hydrogen-bond donors (Lipinski definition) is 0. The minimum Gasteiger partial charge on any atom is -0.447 e. The largest absolute Gasteiger partial charge is 0.447 e. The number of rotatable bonds is 12. The third kappa shape index (κ3) is 6.96. The van der Waals surface area contributed by atoms with Gasteiger partial charge in [0.05, 0.1) is 6.04 Å². The zero-order valence-corrected chi connectivity index (χ0v) is 13.7. The Morgan fingerprint density at radius 1 is 1.10 bits per heavy atom. The maximum atomic E-state index is 12.0. The fourth-order valence-electron chi connectivity index (χ4n) is 2.73. The summed E-state index contributed by atoms with van der Waals surface area (Å²) in [4.78, 5) is 25.4. The SMILES string of the molecule is CCCCCCCCC(=O)CC1COC(=O)N1CCCC. The van der Waals surface area contributed by atoms with Crippen LogP contribution in [0.3, 0.4) is 0 Å². The van der Waals surface area contributed by atoms with Gasteiger partial charge in [-0.1, -0.05) is 52.4 Å². The topological polar surface area (TPSA) is 46.6 Å². The van der Waals surface area contributed by atoms with Crippen LogP contribution in [0.5, 0.6) is 0 Å². The quantitative estimate of drug-likeness (QED) is 0.504. The molecule has 4 heteroatoms. The van der Waals surface area contributed by atoms with Gasteiger partial charge in [0, 0.05) is 19.4 Å². The minimum atomic E-state index is -0.249. The Morgan fingerprint density at radius 3 is 2.48 bits per heavy atom. The van der Waals surface area contributed by atoms with Crippen LogP contribution >= 0.6 is 0 Å². The average molecular weight is 297 g/mol. The lowest BCUT2D eigenvalue weighted by Crippen LogP contribution is -2.35. The van der Waals surface area contributed by atoms with Crippen LogP contribution in [0.25, 0.3) is 0 Å². The van der Waals surface area contributed by atoms with Gasteiger partial charge < -0.3 is 9.64 Å². The summed E-state index contributed by atoms with van der Waals surface area (Å²) >= 11 is 0. The number of nitrogens with zero attached hydrogens (tertiary/aromatic N) is 1. The van der Waals surface area contributed by atoms with Gasteiger partial charge in [0.15, 0.2) is 0 Å². The Balaban J connectivity index is 2.19. The fourth-order valence-corrected chi connectivity index (χ4v) is 2.73. The van der Waals surface area contributed by atoms with E-state index in [1.165, 1.54) is 25.7 Å². The molecule has 1 atom stereocenters. The molecule has 1 fully saturated rings. The predicted octanol–water partition coefficient (Wildman–Crippen LogP) is 4.32. The van der Waals surface area contributed by atoms with Gasteiger partial charge in [-0.3, -0.25) is 4.79 Å². The Morgan fingerprint density at radius 2 is 1.76 bits per heavy atom. The van der Waals surface area contributed by atoms with E-state index < -0.39 is 0 Å². The summed E-state index contributed by atoms with van der Waals surface area (Å²) in [6, 6.07) is -0.0309. The zero-order chi connectivity index (χ0) is 15.5. The van der Waals surface area contributed by atoms with Crippen molar-refractivity contribution in [1.29, 1.82) is 0 Å². The highest BCUT2D eigenvalue weighted by Crippen LogP contribution is 2.18. The highest BCUT2D eigenvalue weighted by Gasteiger charge is 2.33. The van der Waals surface area contributed by atoms with E-state index >= 15 is 0 Å². The van der Waals surface area contributed by atoms with Crippen molar-refractivity contribution < 1.29 is 14.3 Å². The van der Waals surface area contributed by atoms with E-state index in [-0.39, 0.29) is 17.9 Å². The smallest absolute Gasteiger partial charge is 0.410 e. The second kappa shape index (κ2) is 10.6. The van der Waals surface area contributed by atoms with Crippen LogP contribution in [0.2, 0.25) is 0 Å². The van der Waals surface area contributed by atoms with Crippen LogP contribution in [-0.2, 0) is 9.53 Å². The van der Waals surface area contributed by atoms with Gasteiger partial charge in [0.25, 0.3) is 0 Å². The summed E-state index contributed by atoms with van der Waals surface area (Å²) in [5.74, 6) is 0.273. The number of cyclic esters (lactones) is 1. The van der Waals surface area contributed by atoms with E-state index in [4.69, 9.17) is 4.74 Å². The summed E-state index contributed by atoms with van der Waals surface area (Å²) < 4.78 is 5.08. The van der Waals surface area contributed by atoms with Crippen molar-refractivity contribution in [2.75, 3.05) is 13.2 Å². The van der Waals surface area contributed by atoms with Gasteiger partial charge in [-0.25, -0.2) is 4.79 Å². The second-order valence-corrected chi connectivity index (χ2v) is 6.04. The van der Waals surface area contributed by atoms with Gasteiger partial charge >= 0.3 is 6.09 Å². The lowest BCUT2D eigenvalue weighted by Gasteiger charge is -2.20. The first kappa shape index (κ1) is 18.0. The Hall–Kier alpha value is -1.06. The number of carbonyl (C=O) groups excluding carboxylic acids is 2. The minimum absolute atomic E-state index is 0.0309. The third-order valence-electron chi connectivity index (χ3n) is 4.10. The molecular weight excluding hydrogens is 266 g/mol. The van der Waals surface area contributed by atoms with Gasteiger partial charge in [-0.2, -0.15) is 0 Å². The zero-order valence-electron chi connectivity index (χ0n) is 13.7. The van der Waals surface area contributed by atoms with Crippen LogP contribution in [0, 0.1) is 0 Å². The van der Waals surface area contributed by atoms with Gasteiger partial charge in [0.1, 0.15) is 12.4 Å². The fraction of sp³-hybridized carbons (Fsp3) is 0.882. The van der Waals surface area contributed by atoms with E-state index in [0.29, 0.717) is 26.0 Å². The maximum Gasteiger partial charge on any atom is 0.410 e. The third-order valence-corrected chi connectivity index (χ3v) is 4.10. The van der Waals surface area contributed by atoms with Crippen LogP contribution in [0.1, 0.15) is 78.1 Å². The van der Waals surface area contributed by atoms with Crippen molar-refractivity contribution in [3.63, 3.8) is 0 Å². The normalized spacial score (nSPS) is 18.1. The lowest BCUT2D eigenvalue weighted by molar-refractivity contribution is -0.120. The molecule has 0 aromatic rings. The van der Waals surface area contributed by atoms with Crippen molar-refractivity contribution in [3.05, 3.63) is 0 Å². The first-order chi connectivity index (χ1) is 10.2. The van der Waals surface area contributed by atoms with Crippen LogP contribution < -0.4 is 0 Å². The van der Waals surface area contributed by atoms with E-state index in [9.17, 15) is 9.59 Å². The summed E-state index contributed by atoms with van der Waals surface area (Å²) in [6.45, 7) is 5.40. The van der Waals surface area contributed by atoms with Crippen LogP contribution in [0.15, 0.2) is 0 Å². The van der Waals surface area contributed by atoms with Crippen molar-refractivity contribution in [2.45, 2.75) is 84.1 Å². The molecule has 1 unspecified atom stereocenters. The van der Waals surface area contributed by atoms with Gasteiger partial charge in [0.2, 0.25) is 0 Å². The highest BCUT2D eigenvalue weighted by atomic mass is 16.6. The molecule has 0 aromatic heterocycles. The van der Waals surface area contributed by atoms with E-state index in [2.05, 4.69) is 13.8 Å². The summed E-state index contributed by atoms with van der Waals surface area (Å²) in [5.41, 5.74) is 0. The Bertz CT molecular complexity index is 317. The molecule has 1 amide bonds. The molecule has 0 saturated carbocycles. The van der Waals surface area contributed by atoms with Crippen molar-refractivity contribution in [2.24, 2.45) is 0 Å². The molecule has 0 aliphatic carbocycles. The molecule has 21 heavy (non-hydrogen) atoms. The van der Waals surface area contributed by atoms with Crippen LogP contribution in [-0.4, -0.2) is 36.0 Å². The molecule has 1 heterocycles. The molecule has 1 aliphatic heterocycles. The summed E-state index contributed by atoms with van der Waals surface area (Å²) in [7, 11) is 0. The Kier molecular flexibility index (Phi) is 9.11. The second-order valence-electron chi connectivity index (χ2n) is 6.04. The highest BCUT2D eigenvalue weighted by molar-refractivity contribution is 5.80. The number of ether oxygens (including phenoxy) is 1. The molecule has 4 nitrogen and oxygen atoms in total. The Labute approximate surface area is 129 Å². The van der Waals surface area contributed by atoms with E-state index in [1.807, 2.05) is 0 Å². The molecule has 122 valence electrons. The molecular formula is C17H31NO3.